The lowest BCUT2D eigenvalue weighted by Crippen LogP contribution is -2.14. The molecule has 0 unspecified atom stereocenters. The Bertz CT molecular complexity index is 810. The van der Waals surface area contributed by atoms with Gasteiger partial charge in [0.2, 0.25) is 5.91 Å². The van der Waals surface area contributed by atoms with Crippen LogP contribution in [0.1, 0.15) is 5.56 Å². The Morgan fingerprint density at radius 2 is 2.29 bits per heavy atom. The number of aromatic nitrogens is 3. The van der Waals surface area contributed by atoms with E-state index in [0.717, 1.165) is 21.3 Å². The molecule has 3 aromatic rings. The van der Waals surface area contributed by atoms with Crippen LogP contribution in [0.5, 0.6) is 11.5 Å². The minimum atomic E-state index is -0.0875. The summed E-state index contributed by atoms with van der Waals surface area (Å²) in [4.78, 5) is 16.0. The van der Waals surface area contributed by atoms with E-state index in [9.17, 15) is 4.79 Å². The summed E-state index contributed by atoms with van der Waals surface area (Å²) in [6, 6.07) is 9.17. The minimum Gasteiger partial charge on any atom is -0.455 e. The van der Waals surface area contributed by atoms with Gasteiger partial charge in [0, 0.05) is 11.9 Å². The van der Waals surface area contributed by atoms with Crippen molar-refractivity contribution in [3.8, 4) is 11.5 Å². The van der Waals surface area contributed by atoms with Crippen LogP contribution in [0.15, 0.2) is 52.6 Å². The maximum Gasteiger partial charge on any atom is 0.234 e. The molecular weight excluding hydrogens is 344 g/mol. The lowest BCUT2D eigenvalue weighted by Gasteiger charge is -2.10. The lowest BCUT2D eigenvalue weighted by molar-refractivity contribution is -0.113. The number of pyridine rings is 1. The number of nitrogens with zero attached hydrogens (tertiary/aromatic N) is 3. The number of rotatable bonds is 6. The van der Waals surface area contributed by atoms with E-state index in [4.69, 9.17) is 4.74 Å². The molecule has 3 rings (SSSR count). The van der Waals surface area contributed by atoms with E-state index in [0.29, 0.717) is 11.5 Å². The number of carbonyl (C=O) groups is 1. The summed E-state index contributed by atoms with van der Waals surface area (Å²) in [6.07, 6.45) is 3.35. The molecule has 122 valence electrons. The van der Waals surface area contributed by atoms with Crippen LogP contribution < -0.4 is 10.1 Å². The molecule has 2 heterocycles. The molecule has 1 amide bonds. The smallest absolute Gasteiger partial charge is 0.234 e. The molecule has 0 aliphatic rings. The second-order valence-corrected chi connectivity index (χ2v) is 6.87. The van der Waals surface area contributed by atoms with Crippen LogP contribution in [-0.4, -0.2) is 26.8 Å². The number of ether oxygens (including phenoxy) is 1. The molecule has 0 saturated heterocycles. The average Bonchev–Trinajstić information content (AvgIpc) is 3.10. The highest BCUT2D eigenvalue weighted by molar-refractivity contribution is 8.01. The van der Waals surface area contributed by atoms with Crippen LogP contribution in [0.25, 0.3) is 0 Å². The molecule has 0 aliphatic heterocycles. The molecule has 0 bridgehead atoms. The monoisotopic (exact) mass is 358 g/mol. The fourth-order valence-corrected chi connectivity index (χ4v) is 3.21. The van der Waals surface area contributed by atoms with Crippen molar-refractivity contribution < 1.29 is 9.53 Å². The Hall–Kier alpha value is -2.45. The molecule has 1 N–H and O–H groups in total. The number of hydrogen-bond donors (Lipinski definition) is 1. The van der Waals surface area contributed by atoms with Crippen molar-refractivity contribution in [2.75, 3.05) is 11.1 Å². The molecule has 0 aliphatic carbocycles. The first-order chi connectivity index (χ1) is 11.7. The Balaban J connectivity index is 1.58. The van der Waals surface area contributed by atoms with Gasteiger partial charge in [-0.1, -0.05) is 23.1 Å². The van der Waals surface area contributed by atoms with Crippen LogP contribution in [0, 0.1) is 6.92 Å². The fourth-order valence-electron chi connectivity index (χ4n) is 1.93. The second-order valence-electron chi connectivity index (χ2n) is 4.81. The van der Waals surface area contributed by atoms with Crippen molar-refractivity contribution in [2.45, 2.75) is 11.3 Å². The Morgan fingerprint density at radius 3 is 3.00 bits per heavy atom. The summed E-state index contributed by atoms with van der Waals surface area (Å²) in [6.45, 7) is 1.93. The number of benzene rings is 1. The quantitative estimate of drug-likeness (QED) is 0.676. The molecule has 0 spiro atoms. The van der Waals surface area contributed by atoms with Crippen molar-refractivity contribution in [3.63, 3.8) is 0 Å². The number of carbonyl (C=O) groups excluding carboxylic acids is 1. The number of nitrogens with one attached hydrogen (secondary N) is 1. The van der Waals surface area contributed by atoms with Gasteiger partial charge in [0.05, 0.1) is 11.9 Å². The van der Waals surface area contributed by atoms with Gasteiger partial charge in [-0.3, -0.25) is 9.78 Å². The maximum absolute atomic E-state index is 12.0. The zero-order valence-electron chi connectivity index (χ0n) is 12.8. The third-order valence-corrected chi connectivity index (χ3v) is 4.85. The number of thioether (sulfide) groups is 1. The maximum atomic E-state index is 12.0. The summed E-state index contributed by atoms with van der Waals surface area (Å²) >= 11 is 2.78. The average molecular weight is 358 g/mol. The topological polar surface area (TPSA) is 77.0 Å². The molecule has 0 saturated carbocycles. The van der Waals surface area contributed by atoms with Crippen molar-refractivity contribution in [1.82, 2.24) is 15.2 Å². The first kappa shape index (κ1) is 16.4. The van der Waals surface area contributed by atoms with Crippen LogP contribution in [-0.2, 0) is 4.79 Å². The third-order valence-electron chi connectivity index (χ3n) is 2.99. The van der Waals surface area contributed by atoms with E-state index in [1.165, 1.54) is 23.1 Å². The van der Waals surface area contributed by atoms with Crippen LogP contribution in [0.3, 0.4) is 0 Å². The second kappa shape index (κ2) is 7.89. The number of hydrogen-bond acceptors (Lipinski definition) is 7. The van der Waals surface area contributed by atoms with E-state index >= 15 is 0 Å². The molecule has 0 fully saturated rings. The van der Waals surface area contributed by atoms with E-state index in [2.05, 4.69) is 20.5 Å². The van der Waals surface area contributed by atoms with Gasteiger partial charge < -0.3 is 10.1 Å². The summed E-state index contributed by atoms with van der Waals surface area (Å²) in [7, 11) is 0. The van der Waals surface area contributed by atoms with Crippen molar-refractivity contribution in [1.29, 1.82) is 0 Å². The summed E-state index contributed by atoms with van der Waals surface area (Å²) in [5.41, 5.74) is 3.30. The summed E-state index contributed by atoms with van der Waals surface area (Å²) in [5, 5.41) is 10.5. The molecule has 24 heavy (non-hydrogen) atoms. The molecule has 0 atom stereocenters. The third kappa shape index (κ3) is 4.53. The first-order valence-electron chi connectivity index (χ1n) is 7.08. The standard InChI is InChI=1S/C16H14N4O2S2/c1-11-7-12(19-15(21)9-23-16-20-18-10-24-16)4-5-14(11)22-13-3-2-6-17-8-13/h2-8,10H,9H2,1H3,(H,19,21). The zero-order chi connectivity index (χ0) is 16.8. The van der Waals surface area contributed by atoms with Crippen molar-refractivity contribution >= 4 is 34.7 Å². The molecule has 2 aromatic heterocycles. The van der Waals surface area contributed by atoms with E-state index < -0.39 is 0 Å². The molecule has 6 nitrogen and oxygen atoms in total. The van der Waals surface area contributed by atoms with Gasteiger partial charge >= 0.3 is 0 Å². The van der Waals surface area contributed by atoms with Gasteiger partial charge in [-0.15, -0.1) is 10.2 Å². The number of aryl methyl sites for hydroxylation is 1. The van der Waals surface area contributed by atoms with E-state index in [1.807, 2.05) is 37.3 Å². The first-order valence-corrected chi connectivity index (χ1v) is 8.94. The molecule has 0 radical (unpaired) electrons. The fraction of sp³-hybridized carbons (Fsp3) is 0.125. The van der Waals surface area contributed by atoms with Crippen LogP contribution in [0.2, 0.25) is 0 Å². The number of amides is 1. The largest absolute Gasteiger partial charge is 0.455 e. The SMILES string of the molecule is Cc1cc(NC(=O)CSc2nncs2)ccc1Oc1cccnc1. The van der Waals surface area contributed by atoms with E-state index in [1.54, 1.807) is 17.9 Å². The highest BCUT2D eigenvalue weighted by atomic mass is 32.2. The predicted octanol–water partition coefficient (Wildman–Crippen LogP) is 3.76. The van der Waals surface area contributed by atoms with Crippen LogP contribution >= 0.6 is 23.1 Å². The Morgan fingerprint density at radius 1 is 1.38 bits per heavy atom. The van der Waals surface area contributed by atoms with Gasteiger partial charge in [-0.05, 0) is 42.8 Å². The Labute approximate surface area is 147 Å². The zero-order valence-corrected chi connectivity index (χ0v) is 14.4. The van der Waals surface area contributed by atoms with E-state index in [-0.39, 0.29) is 5.91 Å². The molecular formula is C16H14N4O2S2. The minimum absolute atomic E-state index is 0.0875. The molecule has 8 heteroatoms. The van der Waals surface area contributed by atoms with Crippen molar-refractivity contribution in [2.24, 2.45) is 0 Å². The summed E-state index contributed by atoms with van der Waals surface area (Å²) < 4.78 is 6.55. The summed E-state index contributed by atoms with van der Waals surface area (Å²) in [5.74, 6) is 1.60. The predicted molar refractivity (Wildman–Crippen MR) is 94.8 cm³/mol. The normalized spacial score (nSPS) is 10.4. The van der Waals surface area contributed by atoms with Gasteiger partial charge in [0.1, 0.15) is 17.0 Å². The van der Waals surface area contributed by atoms with Gasteiger partial charge in [0.15, 0.2) is 4.34 Å². The van der Waals surface area contributed by atoms with Gasteiger partial charge in [-0.25, -0.2) is 0 Å². The van der Waals surface area contributed by atoms with Crippen LogP contribution in [0.4, 0.5) is 5.69 Å². The number of anilines is 1. The Kier molecular flexibility index (Phi) is 5.39. The highest BCUT2D eigenvalue weighted by Crippen LogP contribution is 2.27. The lowest BCUT2D eigenvalue weighted by atomic mass is 10.2. The van der Waals surface area contributed by atoms with Gasteiger partial charge in [-0.2, -0.15) is 0 Å². The van der Waals surface area contributed by atoms with Crippen molar-refractivity contribution in [3.05, 3.63) is 53.8 Å². The highest BCUT2D eigenvalue weighted by Gasteiger charge is 2.08. The van der Waals surface area contributed by atoms with Gasteiger partial charge in [0.25, 0.3) is 0 Å². The molecule has 1 aromatic carbocycles.